The molecule has 1 aliphatic rings. The summed E-state index contributed by atoms with van der Waals surface area (Å²) >= 11 is 0. The van der Waals surface area contributed by atoms with Gasteiger partial charge in [-0.25, -0.2) is 0 Å². The van der Waals surface area contributed by atoms with Gasteiger partial charge in [0.05, 0.1) is 26.4 Å². The molecule has 6 nitrogen and oxygen atoms in total. The van der Waals surface area contributed by atoms with Crippen molar-refractivity contribution < 1.29 is 9.47 Å². The molecule has 1 fully saturated rings. The lowest BCUT2D eigenvalue weighted by Crippen LogP contribution is -2.46. The Morgan fingerprint density at radius 3 is 2.43 bits per heavy atom. The number of morpholine rings is 1. The Hall–Kier alpha value is -2.57. The van der Waals surface area contributed by atoms with Crippen molar-refractivity contribution in [2.45, 2.75) is 26.4 Å². The zero-order chi connectivity index (χ0) is 21.3. The molecule has 2 aromatic rings. The van der Waals surface area contributed by atoms with Crippen LogP contribution in [0.25, 0.3) is 0 Å². The first kappa shape index (κ1) is 22.1. The fraction of sp³-hybridized carbons (Fsp3) is 0.458. The van der Waals surface area contributed by atoms with Crippen LogP contribution < -0.4 is 15.4 Å². The third-order valence-corrected chi connectivity index (χ3v) is 5.52. The van der Waals surface area contributed by atoms with Gasteiger partial charge in [0.15, 0.2) is 5.96 Å². The maximum atomic E-state index is 5.56. The van der Waals surface area contributed by atoms with E-state index in [9.17, 15) is 0 Å². The lowest BCUT2D eigenvalue weighted by Gasteiger charge is -2.35. The summed E-state index contributed by atoms with van der Waals surface area (Å²) in [6.07, 6.45) is 0. The van der Waals surface area contributed by atoms with Crippen LogP contribution >= 0.6 is 0 Å². The lowest BCUT2D eigenvalue weighted by atomic mass is 10.0. The van der Waals surface area contributed by atoms with Crippen LogP contribution in [0.15, 0.2) is 47.5 Å². The molecular weight excluding hydrogens is 376 g/mol. The predicted molar refractivity (Wildman–Crippen MR) is 122 cm³/mol. The minimum atomic E-state index is 0.266. The Morgan fingerprint density at radius 2 is 1.77 bits per heavy atom. The number of guanidine groups is 1. The van der Waals surface area contributed by atoms with Crippen molar-refractivity contribution in [2.24, 2.45) is 4.99 Å². The van der Waals surface area contributed by atoms with E-state index in [0.717, 1.165) is 50.1 Å². The molecule has 162 valence electrons. The van der Waals surface area contributed by atoms with E-state index in [0.29, 0.717) is 6.54 Å². The summed E-state index contributed by atoms with van der Waals surface area (Å²) in [7, 11) is 3.51. The van der Waals surface area contributed by atoms with Crippen molar-refractivity contribution in [1.82, 2.24) is 15.5 Å². The Bertz CT molecular complexity index is 830. The first-order valence-electron chi connectivity index (χ1n) is 10.6. The Morgan fingerprint density at radius 1 is 1.07 bits per heavy atom. The van der Waals surface area contributed by atoms with Crippen molar-refractivity contribution >= 4 is 5.96 Å². The molecule has 0 aromatic heterocycles. The van der Waals surface area contributed by atoms with Crippen molar-refractivity contribution in [1.29, 1.82) is 0 Å². The minimum absolute atomic E-state index is 0.266. The Balaban J connectivity index is 1.65. The second kappa shape index (κ2) is 11.0. The van der Waals surface area contributed by atoms with E-state index in [4.69, 9.17) is 9.47 Å². The number of rotatable bonds is 7. The number of nitrogens with one attached hydrogen (secondary N) is 2. The number of aliphatic imine (C=N–C) groups is 1. The number of benzene rings is 2. The molecule has 1 unspecified atom stereocenters. The van der Waals surface area contributed by atoms with Gasteiger partial charge in [-0.1, -0.05) is 42.0 Å². The van der Waals surface area contributed by atoms with Gasteiger partial charge in [-0.05, 0) is 31.0 Å². The van der Waals surface area contributed by atoms with Gasteiger partial charge in [-0.3, -0.25) is 9.89 Å². The van der Waals surface area contributed by atoms with Gasteiger partial charge in [-0.15, -0.1) is 0 Å². The van der Waals surface area contributed by atoms with Crippen molar-refractivity contribution in [3.63, 3.8) is 0 Å². The number of hydrogen-bond donors (Lipinski definition) is 2. The highest BCUT2D eigenvalue weighted by molar-refractivity contribution is 5.79. The summed E-state index contributed by atoms with van der Waals surface area (Å²) in [5.41, 5.74) is 4.88. The van der Waals surface area contributed by atoms with Gasteiger partial charge >= 0.3 is 0 Å². The summed E-state index contributed by atoms with van der Waals surface area (Å²) in [6, 6.07) is 15.3. The molecule has 1 atom stereocenters. The zero-order valence-electron chi connectivity index (χ0n) is 18.6. The van der Waals surface area contributed by atoms with E-state index in [1.54, 1.807) is 14.2 Å². The quantitative estimate of drug-likeness (QED) is 0.543. The zero-order valence-corrected chi connectivity index (χ0v) is 18.6. The van der Waals surface area contributed by atoms with E-state index in [-0.39, 0.29) is 6.04 Å². The SMILES string of the molecule is CN=C(NCc1ccc(C)cc1OC)NCC(c1ccc(C)cc1)N1CCOCC1. The lowest BCUT2D eigenvalue weighted by molar-refractivity contribution is 0.0170. The smallest absolute Gasteiger partial charge is 0.191 e. The monoisotopic (exact) mass is 410 g/mol. The van der Waals surface area contributed by atoms with Crippen LogP contribution in [0.3, 0.4) is 0 Å². The Labute approximate surface area is 180 Å². The molecule has 0 aliphatic carbocycles. The number of methoxy groups -OCH3 is 1. The molecule has 6 heteroatoms. The van der Waals surface area contributed by atoms with E-state index in [2.05, 4.69) is 76.8 Å². The molecule has 0 saturated carbocycles. The maximum absolute atomic E-state index is 5.56. The van der Waals surface area contributed by atoms with Crippen LogP contribution in [0.4, 0.5) is 0 Å². The molecule has 1 saturated heterocycles. The highest BCUT2D eigenvalue weighted by atomic mass is 16.5. The Kier molecular flexibility index (Phi) is 8.11. The number of ether oxygens (including phenoxy) is 2. The van der Waals surface area contributed by atoms with Crippen LogP contribution in [0, 0.1) is 13.8 Å². The minimum Gasteiger partial charge on any atom is -0.496 e. The standard InChI is InChI=1S/C24H34N4O2/c1-18-5-8-20(9-6-18)22(28-11-13-30-14-12-28)17-27-24(25-3)26-16-21-10-7-19(2)15-23(21)29-4/h5-10,15,22H,11-14,16-17H2,1-4H3,(H2,25,26,27). The highest BCUT2D eigenvalue weighted by Gasteiger charge is 2.23. The molecule has 1 heterocycles. The first-order valence-corrected chi connectivity index (χ1v) is 10.6. The van der Waals surface area contributed by atoms with Crippen LogP contribution in [-0.4, -0.2) is 57.9 Å². The summed E-state index contributed by atoms with van der Waals surface area (Å²) in [5, 5.41) is 6.93. The average molecular weight is 411 g/mol. The van der Waals surface area contributed by atoms with Crippen LogP contribution in [0.1, 0.15) is 28.3 Å². The van der Waals surface area contributed by atoms with Crippen LogP contribution in [-0.2, 0) is 11.3 Å². The van der Waals surface area contributed by atoms with Gasteiger partial charge in [0, 0.05) is 38.8 Å². The fourth-order valence-corrected chi connectivity index (χ4v) is 3.73. The molecule has 0 radical (unpaired) electrons. The molecule has 2 aromatic carbocycles. The summed E-state index contributed by atoms with van der Waals surface area (Å²) < 4.78 is 11.1. The van der Waals surface area contributed by atoms with E-state index < -0.39 is 0 Å². The number of aryl methyl sites for hydroxylation is 2. The second-order valence-electron chi connectivity index (χ2n) is 7.70. The number of hydrogen-bond acceptors (Lipinski definition) is 4. The van der Waals surface area contributed by atoms with E-state index >= 15 is 0 Å². The molecule has 3 rings (SSSR count). The normalized spacial score (nSPS) is 16.2. The van der Waals surface area contributed by atoms with Gasteiger partial charge < -0.3 is 20.1 Å². The van der Waals surface area contributed by atoms with Gasteiger partial charge in [0.2, 0.25) is 0 Å². The van der Waals surface area contributed by atoms with Crippen LogP contribution in [0.2, 0.25) is 0 Å². The van der Waals surface area contributed by atoms with E-state index in [1.165, 1.54) is 16.7 Å². The third-order valence-electron chi connectivity index (χ3n) is 5.52. The highest BCUT2D eigenvalue weighted by Crippen LogP contribution is 2.22. The summed E-state index contributed by atoms with van der Waals surface area (Å²) in [5.74, 6) is 1.67. The first-order chi connectivity index (χ1) is 14.6. The second-order valence-corrected chi connectivity index (χ2v) is 7.70. The molecule has 0 amide bonds. The molecule has 2 N–H and O–H groups in total. The molecular formula is C24H34N4O2. The van der Waals surface area contributed by atoms with Gasteiger partial charge in [-0.2, -0.15) is 0 Å². The van der Waals surface area contributed by atoms with Crippen molar-refractivity contribution in [3.8, 4) is 5.75 Å². The molecule has 0 spiro atoms. The summed E-state index contributed by atoms with van der Waals surface area (Å²) in [6.45, 7) is 9.04. The molecule has 0 bridgehead atoms. The largest absolute Gasteiger partial charge is 0.496 e. The van der Waals surface area contributed by atoms with E-state index in [1.807, 2.05) is 0 Å². The molecule has 30 heavy (non-hydrogen) atoms. The van der Waals surface area contributed by atoms with Crippen molar-refractivity contribution in [3.05, 3.63) is 64.7 Å². The van der Waals surface area contributed by atoms with Crippen molar-refractivity contribution in [2.75, 3.05) is 47.0 Å². The maximum Gasteiger partial charge on any atom is 0.191 e. The van der Waals surface area contributed by atoms with Gasteiger partial charge in [0.1, 0.15) is 5.75 Å². The average Bonchev–Trinajstić information content (AvgIpc) is 2.78. The molecule has 1 aliphatic heterocycles. The predicted octanol–water partition coefficient (Wildman–Crippen LogP) is 3.05. The third kappa shape index (κ3) is 5.97. The van der Waals surface area contributed by atoms with Gasteiger partial charge in [0.25, 0.3) is 0 Å². The number of nitrogens with zero attached hydrogens (tertiary/aromatic N) is 2. The van der Waals surface area contributed by atoms with Crippen LogP contribution in [0.5, 0.6) is 5.75 Å². The fourth-order valence-electron chi connectivity index (χ4n) is 3.73. The topological polar surface area (TPSA) is 58.1 Å². The summed E-state index contributed by atoms with van der Waals surface area (Å²) in [4.78, 5) is 6.90.